The van der Waals surface area contributed by atoms with Crippen molar-refractivity contribution in [3.63, 3.8) is 0 Å². The summed E-state index contributed by atoms with van der Waals surface area (Å²) in [4.78, 5) is 11.0. The van der Waals surface area contributed by atoms with E-state index in [0.717, 1.165) is 6.54 Å². The van der Waals surface area contributed by atoms with Gasteiger partial charge in [-0.05, 0) is 20.8 Å². The minimum atomic E-state index is -0.184. The van der Waals surface area contributed by atoms with Crippen LogP contribution >= 0.6 is 0 Å². The molecule has 2 N–H and O–H groups in total. The quantitative estimate of drug-likeness (QED) is 0.660. The molecule has 14 heavy (non-hydrogen) atoms. The van der Waals surface area contributed by atoms with E-state index in [1.165, 1.54) is 0 Å². The standard InChI is InChI=1S/C10H22N2O2/c1-8(6-9(13)11-4)12-7-10(2,3)14-5/h8,12H,6-7H2,1-5H3,(H,11,13). The average Bonchev–Trinajstić information content (AvgIpc) is 2.15. The summed E-state index contributed by atoms with van der Waals surface area (Å²) in [5, 5.41) is 5.85. The predicted molar refractivity (Wildman–Crippen MR) is 57.2 cm³/mol. The van der Waals surface area contributed by atoms with E-state index in [1.54, 1.807) is 14.2 Å². The molecule has 0 aromatic carbocycles. The number of amides is 1. The minimum absolute atomic E-state index is 0.0558. The molecule has 0 spiro atoms. The van der Waals surface area contributed by atoms with Crippen molar-refractivity contribution in [1.29, 1.82) is 0 Å². The Morgan fingerprint density at radius 3 is 2.50 bits per heavy atom. The summed E-state index contributed by atoms with van der Waals surface area (Å²) in [6.07, 6.45) is 0.496. The second-order valence-corrected chi connectivity index (χ2v) is 4.12. The Bertz CT molecular complexity index is 181. The summed E-state index contributed by atoms with van der Waals surface area (Å²) < 4.78 is 5.26. The zero-order chi connectivity index (χ0) is 11.2. The van der Waals surface area contributed by atoms with Crippen LogP contribution in [-0.4, -0.2) is 38.3 Å². The van der Waals surface area contributed by atoms with Gasteiger partial charge in [0, 0.05) is 33.2 Å². The van der Waals surface area contributed by atoms with Crippen LogP contribution in [0.2, 0.25) is 0 Å². The SMILES string of the molecule is CNC(=O)CC(C)NCC(C)(C)OC. The van der Waals surface area contributed by atoms with Crippen LogP contribution in [0.15, 0.2) is 0 Å². The number of methoxy groups -OCH3 is 1. The van der Waals surface area contributed by atoms with Crippen molar-refractivity contribution in [2.24, 2.45) is 0 Å². The molecule has 0 aliphatic carbocycles. The Labute approximate surface area is 86.4 Å². The first-order valence-electron chi connectivity index (χ1n) is 4.90. The first-order valence-corrected chi connectivity index (χ1v) is 4.90. The summed E-state index contributed by atoms with van der Waals surface area (Å²) in [5.74, 6) is 0.0558. The molecule has 0 heterocycles. The predicted octanol–water partition coefficient (Wildman–Crippen LogP) is 0.526. The van der Waals surface area contributed by atoms with Gasteiger partial charge in [0.1, 0.15) is 0 Å². The smallest absolute Gasteiger partial charge is 0.221 e. The van der Waals surface area contributed by atoms with E-state index in [2.05, 4.69) is 10.6 Å². The zero-order valence-corrected chi connectivity index (χ0v) is 9.81. The molecule has 84 valence electrons. The molecule has 4 nitrogen and oxygen atoms in total. The van der Waals surface area contributed by atoms with Crippen LogP contribution < -0.4 is 10.6 Å². The molecular formula is C10H22N2O2. The van der Waals surface area contributed by atoms with Crippen molar-refractivity contribution in [2.45, 2.75) is 38.8 Å². The van der Waals surface area contributed by atoms with E-state index < -0.39 is 0 Å². The molecule has 4 heteroatoms. The number of carbonyl (C=O) groups is 1. The molecule has 0 rings (SSSR count). The van der Waals surface area contributed by atoms with Gasteiger partial charge in [-0.2, -0.15) is 0 Å². The normalized spacial score (nSPS) is 13.8. The number of rotatable bonds is 6. The second kappa shape index (κ2) is 5.98. The molecule has 0 aliphatic heterocycles. The van der Waals surface area contributed by atoms with E-state index in [-0.39, 0.29) is 17.6 Å². The summed E-state index contributed by atoms with van der Waals surface area (Å²) in [7, 11) is 3.33. The van der Waals surface area contributed by atoms with E-state index in [9.17, 15) is 4.79 Å². The average molecular weight is 202 g/mol. The van der Waals surface area contributed by atoms with Crippen LogP contribution in [0.1, 0.15) is 27.2 Å². The summed E-state index contributed by atoms with van der Waals surface area (Å²) >= 11 is 0. The molecule has 0 saturated heterocycles. The van der Waals surface area contributed by atoms with Crippen LogP contribution in [-0.2, 0) is 9.53 Å². The van der Waals surface area contributed by atoms with Gasteiger partial charge in [-0.3, -0.25) is 4.79 Å². The topological polar surface area (TPSA) is 50.4 Å². The Balaban J connectivity index is 3.74. The maximum absolute atomic E-state index is 11.0. The Hall–Kier alpha value is -0.610. The molecule has 1 unspecified atom stereocenters. The van der Waals surface area contributed by atoms with Crippen molar-refractivity contribution in [1.82, 2.24) is 10.6 Å². The number of hydrogen-bond acceptors (Lipinski definition) is 3. The first-order chi connectivity index (χ1) is 6.41. The highest BCUT2D eigenvalue weighted by Gasteiger charge is 2.17. The third-order valence-electron chi connectivity index (χ3n) is 2.20. The van der Waals surface area contributed by atoms with Gasteiger partial charge in [0.15, 0.2) is 0 Å². The van der Waals surface area contributed by atoms with Gasteiger partial charge in [-0.15, -0.1) is 0 Å². The van der Waals surface area contributed by atoms with Crippen LogP contribution in [0.3, 0.4) is 0 Å². The lowest BCUT2D eigenvalue weighted by atomic mass is 10.1. The van der Waals surface area contributed by atoms with Crippen molar-refractivity contribution in [3.05, 3.63) is 0 Å². The minimum Gasteiger partial charge on any atom is -0.377 e. The van der Waals surface area contributed by atoms with Gasteiger partial charge in [0.2, 0.25) is 5.91 Å². The molecule has 0 saturated carbocycles. The lowest BCUT2D eigenvalue weighted by Gasteiger charge is -2.25. The lowest BCUT2D eigenvalue weighted by molar-refractivity contribution is -0.121. The molecular weight excluding hydrogens is 180 g/mol. The van der Waals surface area contributed by atoms with Gasteiger partial charge in [0.25, 0.3) is 0 Å². The third-order valence-corrected chi connectivity index (χ3v) is 2.20. The van der Waals surface area contributed by atoms with Crippen LogP contribution in [0.4, 0.5) is 0 Å². The molecule has 1 amide bonds. The molecule has 1 atom stereocenters. The number of carbonyl (C=O) groups excluding carboxylic acids is 1. The van der Waals surface area contributed by atoms with Gasteiger partial charge >= 0.3 is 0 Å². The largest absolute Gasteiger partial charge is 0.377 e. The second-order valence-electron chi connectivity index (χ2n) is 4.12. The summed E-state index contributed by atoms with van der Waals surface area (Å²) in [5.41, 5.74) is -0.184. The fraction of sp³-hybridized carbons (Fsp3) is 0.900. The summed E-state index contributed by atoms with van der Waals surface area (Å²) in [6, 6.07) is 0.171. The molecule has 0 aromatic rings. The maximum atomic E-state index is 11.0. The highest BCUT2D eigenvalue weighted by Crippen LogP contribution is 2.05. The highest BCUT2D eigenvalue weighted by molar-refractivity contribution is 5.76. The number of hydrogen-bond donors (Lipinski definition) is 2. The monoisotopic (exact) mass is 202 g/mol. The van der Waals surface area contributed by atoms with E-state index in [4.69, 9.17) is 4.74 Å². The fourth-order valence-corrected chi connectivity index (χ4v) is 0.945. The van der Waals surface area contributed by atoms with Crippen molar-refractivity contribution < 1.29 is 9.53 Å². The Kier molecular flexibility index (Phi) is 5.72. The van der Waals surface area contributed by atoms with E-state index >= 15 is 0 Å². The molecule has 0 radical (unpaired) electrons. The molecule has 0 fully saturated rings. The first kappa shape index (κ1) is 13.4. The van der Waals surface area contributed by atoms with E-state index in [0.29, 0.717) is 6.42 Å². The zero-order valence-electron chi connectivity index (χ0n) is 9.81. The summed E-state index contributed by atoms with van der Waals surface area (Å²) in [6.45, 7) is 6.74. The van der Waals surface area contributed by atoms with Crippen molar-refractivity contribution >= 4 is 5.91 Å². The molecule has 0 bridgehead atoms. The fourth-order valence-electron chi connectivity index (χ4n) is 0.945. The highest BCUT2D eigenvalue weighted by atomic mass is 16.5. The van der Waals surface area contributed by atoms with Gasteiger partial charge in [-0.1, -0.05) is 0 Å². The van der Waals surface area contributed by atoms with Crippen LogP contribution in [0.5, 0.6) is 0 Å². The Morgan fingerprint density at radius 2 is 2.07 bits per heavy atom. The van der Waals surface area contributed by atoms with Gasteiger partial charge in [0.05, 0.1) is 5.60 Å². The Morgan fingerprint density at radius 1 is 1.50 bits per heavy atom. The van der Waals surface area contributed by atoms with Crippen LogP contribution in [0, 0.1) is 0 Å². The molecule has 0 aromatic heterocycles. The van der Waals surface area contributed by atoms with Gasteiger partial charge < -0.3 is 15.4 Å². The van der Waals surface area contributed by atoms with Crippen molar-refractivity contribution in [2.75, 3.05) is 20.7 Å². The van der Waals surface area contributed by atoms with Crippen LogP contribution in [0.25, 0.3) is 0 Å². The maximum Gasteiger partial charge on any atom is 0.221 e. The third kappa shape index (κ3) is 5.94. The van der Waals surface area contributed by atoms with Gasteiger partial charge in [-0.25, -0.2) is 0 Å². The lowest BCUT2D eigenvalue weighted by Crippen LogP contribution is -2.42. The van der Waals surface area contributed by atoms with E-state index in [1.807, 2.05) is 20.8 Å². The number of nitrogens with one attached hydrogen (secondary N) is 2. The van der Waals surface area contributed by atoms with Crippen molar-refractivity contribution in [3.8, 4) is 0 Å². The number of ether oxygens (including phenoxy) is 1. The molecule has 0 aliphatic rings.